The van der Waals surface area contributed by atoms with Gasteiger partial charge in [0, 0.05) is 24.9 Å². The summed E-state index contributed by atoms with van der Waals surface area (Å²) in [6, 6.07) is 5.84. The van der Waals surface area contributed by atoms with E-state index in [0.29, 0.717) is 24.3 Å². The molecule has 2 amide bonds. The number of amides is 2. The van der Waals surface area contributed by atoms with E-state index >= 15 is 0 Å². The molecule has 0 unspecified atom stereocenters. The van der Waals surface area contributed by atoms with Crippen molar-refractivity contribution in [1.82, 2.24) is 5.48 Å². The van der Waals surface area contributed by atoms with Crippen molar-refractivity contribution in [2.45, 2.75) is 51.0 Å². The van der Waals surface area contributed by atoms with Gasteiger partial charge in [-0.2, -0.15) is 0 Å². The number of benzene rings is 1. The molecule has 0 aliphatic rings. The molecule has 9 nitrogen and oxygen atoms in total. The van der Waals surface area contributed by atoms with Crippen LogP contribution in [0.1, 0.15) is 44.9 Å². The van der Waals surface area contributed by atoms with Crippen LogP contribution in [0.25, 0.3) is 0 Å². The Morgan fingerprint density at radius 3 is 2.15 bits per heavy atom. The van der Waals surface area contributed by atoms with Crippen molar-refractivity contribution in [3.63, 3.8) is 0 Å². The number of hydrogen-bond acceptors (Lipinski definition) is 6. The lowest BCUT2D eigenvalue weighted by atomic mass is 10.1. The molecule has 150 valence electrons. The summed E-state index contributed by atoms with van der Waals surface area (Å²) in [5, 5.41) is 19.8. The van der Waals surface area contributed by atoms with E-state index in [1.165, 1.54) is 0 Å². The summed E-state index contributed by atoms with van der Waals surface area (Å²) in [4.78, 5) is 33.3. The van der Waals surface area contributed by atoms with Gasteiger partial charge in [-0.25, -0.2) is 5.48 Å². The second kappa shape index (κ2) is 12.7. The molecule has 6 N–H and O–H groups in total. The Morgan fingerprint density at radius 1 is 1.00 bits per heavy atom. The van der Waals surface area contributed by atoms with Crippen LogP contribution in [0, 0.1) is 0 Å². The Bertz CT molecular complexity index is 606. The third-order valence-corrected chi connectivity index (χ3v) is 3.84. The molecular weight excluding hydrogens is 354 g/mol. The SMILES string of the molecule is N[C@@H](CCOc1ccc(NC(=O)CCCCCCC(=O)NO)cc1)C(=O)O. The molecule has 0 heterocycles. The number of anilines is 1. The van der Waals surface area contributed by atoms with Gasteiger partial charge >= 0.3 is 5.97 Å². The third-order valence-electron chi connectivity index (χ3n) is 3.84. The van der Waals surface area contributed by atoms with Gasteiger partial charge in [-0.05, 0) is 37.1 Å². The normalized spacial score (nSPS) is 11.5. The number of aliphatic carboxylic acids is 1. The highest BCUT2D eigenvalue weighted by molar-refractivity contribution is 5.90. The Hall–Kier alpha value is -2.65. The van der Waals surface area contributed by atoms with Crippen LogP contribution >= 0.6 is 0 Å². The smallest absolute Gasteiger partial charge is 0.320 e. The molecule has 0 radical (unpaired) electrons. The molecule has 1 aromatic carbocycles. The molecule has 0 aliphatic heterocycles. The molecule has 0 fully saturated rings. The maximum atomic E-state index is 11.9. The summed E-state index contributed by atoms with van der Waals surface area (Å²) in [6.07, 6.45) is 3.91. The minimum Gasteiger partial charge on any atom is -0.494 e. The Kier molecular flexibility index (Phi) is 10.5. The van der Waals surface area contributed by atoms with Crippen LogP contribution < -0.4 is 21.3 Å². The van der Waals surface area contributed by atoms with Crippen LogP contribution in [0.15, 0.2) is 24.3 Å². The molecule has 0 bridgehead atoms. The van der Waals surface area contributed by atoms with Crippen molar-refractivity contribution in [2.75, 3.05) is 11.9 Å². The number of hydrogen-bond donors (Lipinski definition) is 5. The van der Waals surface area contributed by atoms with Gasteiger partial charge < -0.3 is 20.9 Å². The second-order valence-corrected chi connectivity index (χ2v) is 6.10. The molecule has 0 aromatic heterocycles. The molecule has 1 atom stereocenters. The minimum atomic E-state index is -1.06. The largest absolute Gasteiger partial charge is 0.494 e. The fraction of sp³-hybridized carbons (Fsp3) is 0.500. The van der Waals surface area contributed by atoms with E-state index in [1.807, 2.05) is 0 Å². The summed E-state index contributed by atoms with van der Waals surface area (Å²) < 4.78 is 5.41. The molecule has 0 aliphatic carbocycles. The topological polar surface area (TPSA) is 151 Å². The molecular formula is C18H27N3O6. The first-order valence-electron chi connectivity index (χ1n) is 8.86. The second-order valence-electron chi connectivity index (χ2n) is 6.10. The van der Waals surface area contributed by atoms with E-state index in [1.54, 1.807) is 29.7 Å². The summed E-state index contributed by atoms with van der Waals surface area (Å²) >= 11 is 0. The van der Waals surface area contributed by atoms with E-state index in [-0.39, 0.29) is 25.4 Å². The van der Waals surface area contributed by atoms with Gasteiger partial charge in [0.05, 0.1) is 6.61 Å². The predicted octanol–water partition coefficient (Wildman–Crippen LogP) is 1.65. The number of hydroxylamine groups is 1. The maximum Gasteiger partial charge on any atom is 0.320 e. The summed E-state index contributed by atoms with van der Waals surface area (Å²) in [6.45, 7) is 0.194. The first-order chi connectivity index (χ1) is 12.9. The summed E-state index contributed by atoms with van der Waals surface area (Å²) in [5.74, 6) is -0.987. The first kappa shape index (κ1) is 22.4. The van der Waals surface area contributed by atoms with Crippen molar-refractivity contribution in [1.29, 1.82) is 0 Å². The minimum absolute atomic E-state index is 0.0933. The monoisotopic (exact) mass is 381 g/mol. The molecule has 0 spiro atoms. The highest BCUT2D eigenvalue weighted by Gasteiger charge is 2.11. The van der Waals surface area contributed by atoms with Crippen LogP contribution in [-0.2, 0) is 14.4 Å². The number of carbonyl (C=O) groups excluding carboxylic acids is 2. The predicted molar refractivity (Wildman–Crippen MR) is 98.4 cm³/mol. The van der Waals surface area contributed by atoms with Crippen molar-refractivity contribution in [3.8, 4) is 5.75 Å². The average Bonchev–Trinajstić information content (AvgIpc) is 2.65. The number of rotatable bonds is 13. The lowest BCUT2D eigenvalue weighted by Gasteiger charge is -2.10. The van der Waals surface area contributed by atoms with Crippen molar-refractivity contribution in [3.05, 3.63) is 24.3 Å². The van der Waals surface area contributed by atoms with Gasteiger partial charge in [-0.15, -0.1) is 0 Å². The average molecular weight is 381 g/mol. The Morgan fingerprint density at radius 2 is 1.59 bits per heavy atom. The fourth-order valence-electron chi connectivity index (χ4n) is 2.27. The van der Waals surface area contributed by atoms with Crippen molar-refractivity contribution >= 4 is 23.5 Å². The molecule has 1 aromatic rings. The number of unbranched alkanes of at least 4 members (excludes halogenated alkanes) is 3. The number of carbonyl (C=O) groups is 3. The van der Waals surface area contributed by atoms with E-state index in [2.05, 4.69) is 5.32 Å². The van der Waals surface area contributed by atoms with Gasteiger partial charge in [-0.3, -0.25) is 19.6 Å². The number of carboxylic acid groups (broad SMARTS) is 1. The van der Waals surface area contributed by atoms with Crippen LogP contribution in [0.5, 0.6) is 5.75 Å². The van der Waals surface area contributed by atoms with E-state index in [0.717, 1.165) is 19.3 Å². The molecule has 9 heteroatoms. The van der Waals surface area contributed by atoms with Gasteiger partial charge in [0.2, 0.25) is 11.8 Å². The Labute approximate surface area is 157 Å². The quantitative estimate of drug-likeness (QED) is 0.198. The zero-order valence-electron chi connectivity index (χ0n) is 15.1. The van der Waals surface area contributed by atoms with Crippen LogP contribution in [0.2, 0.25) is 0 Å². The van der Waals surface area contributed by atoms with E-state index in [4.69, 9.17) is 20.8 Å². The summed E-state index contributed by atoms with van der Waals surface area (Å²) in [5.41, 5.74) is 7.62. The van der Waals surface area contributed by atoms with E-state index in [9.17, 15) is 14.4 Å². The number of carboxylic acids is 1. The number of ether oxygens (including phenoxy) is 1. The van der Waals surface area contributed by atoms with Crippen LogP contribution in [0.3, 0.4) is 0 Å². The summed E-state index contributed by atoms with van der Waals surface area (Å²) in [7, 11) is 0. The van der Waals surface area contributed by atoms with Gasteiger partial charge in [0.25, 0.3) is 0 Å². The molecule has 27 heavy (non-hydrogen) atoms. The maximum absolute atomic E-state index is 11.9. The molecule has 0 saturated carbocycles. The van der Waals surface area contributed by atoms with Gasteiger partial charge in [-0.1, -0.05) is 12.8 Å². The third kappa shape index (κ3) is 10.2. The molecule has 0 saturated heterocycles. The zero-order chi connectivity index (χ0) is 20.1. The van der Waals surface area contributed by atoms with Crippen molar-refractivity contribution < 1.29 is 29.4 Å². The molecule has 1 rings (SSSR count). The Balaban J connectivity index is 2.19. The standard InChI is InChI=1S/C18H27N3O6/c19-15(18(24)25)11-12-27-14-9-7-13(8-10-14)20-16(22)5-3-1-2-4-6-17(23)21-26/h7-10,15,26H,1-6,11-12,19H2,(H,20,22)(H,21,23)(H,24,25)/t15-/m0/s1. The van der Waals surface area contributed by atoms with E-state index < -0.39 is 17.9 Å². The highest BCUT2D eigenvalue weighted by Crippen LogP contribution is 2.16. The highest BCUT2D eigenvalue weighted by atomic mass is 16.5. The lowest BCUT2D eigenvalue weighted by molar-refractivity contribution is -0.138. The van der Waals surface area contributed by atoms with Crippen LogP contribution in [0.4, 0.5) is 5.69 Å². The van der Waals surface area contributed by atoms with Gasteiger partial charge in [0.15, 0.2) is 0 Å². The fourth-order valence-corrected chi connectivity index (χ4v) is 2.27. The van der Waals surface area contributed by atoms with Gasteiger partial charge in [0.1, 0.15) is 11.8 Å². The first-order valence-corrected chi connectivity index (χ1v) is 8.86. The lowest BCUT2D eigenvalue weighted by Crippen LogP contribution is -2.31. The zero-order valence-corrected chi connectivity index (χ0v) is 15.1. The number of nitrogens with one attached hydrogen (secondary N) is 2. The van der Waals surface area contributed by atoms with Crippen LogP contribution in [-0.4, -0.2) is 40.7 Å². The number of nitrogens with two attached hydrogens (primary N) is 1. The van der Waals surface area contributed by atoms with Crippen molar-refractivity contribution in [2.24, 2.45) is 5.73 Å².